The molecule has 0 aliphatic heterocycles. The SMILES string of the molecule is O=C(Cn1cc([N+](=O)[O-])cn1)Nc1ncc(Cc2cc(Cl)cc(Cl)c2)s1. The number of halogens is 2. The lowest BCUT2D eigenvalue weighted by molar-refractivity contribution is -0.385. The number of hydrogen-bond acceptors (Lipinski definition) is 6. The van der Waals surface area contributed by atoms with Gasteiger partial charge in [-0.3, -0.25) is 19.6 Å². The Bertz CT molecular complexity index is 952. The van der Waals surface area contributed by atoms with E-state index in [-0.39, 0.29) is 18.1 Å². The van der Waals surface area contributed by atoms with Crippen molar-refractivity contribution in [2.24, 2.45) is 0 Å². The van der Waals surface area contributed by atoms with E-state index in [1.165, 1.54) is 22.2 Å². The Morgan fingerprint density at radius 2 is 2.00 bits per heavy atom. The largest absolute Gasteiger partial charge is 0.307 e. The van der Waals surface area contributed by atoms with Crippen LogP contribution in [0.4, 0.5) is 10.8 Å². The van der Waals surface area contributed by atoms with Crippen molar-refractivity contribution in [3.8, 4) is 0 Å². The van der Waals surface area contributed by atoms with Gasteiger partial charge in [0, 0.05) is 27.5 Å². The van der Waals surface area contributed by atoms with E-state index in [0.717, 1.165) is 16.6 Å². The van der Waals surface area contributed by atoms with Crippen LogP contribution in [0.25, 0.3) is 0 Å². The summed E-state index contributed by atoms with van der Waals surface area (Å²) in [6.45, 7) is -0.146. The van der Waals surface area contributed by atoms with E-state index in [9.17, 15) is 14.9 Å². The molecule has 0 spiro atoms. The summed E-state index contributed by atoms with van der Waals surface area (Å²) in [6.07, 6.45) is 4.52. The lowest BCUT2D eigenvalue weighted by atomic mass is 10.1. The predicted octanol–water partition coefficient (Wildman–Crippen LogP) is 3.78. The van der Waals surface area contributed by atoms with Crippen LogP contribution in [-0.4, -0.2) is 25.6 Å². The number of nitrogens with one attached hydrogen (secondary N) is 1. The second-order valence-corrected chi connectivity index (χ2v) is 7.28. The molecule has 3 aromatic rings. The van der Waals surface area contributed by atoms with Gasteiger partial charge in [0.15, 0.2) is 5.13 Å². The molecule has 134 valence electrons. The van der Waals surface area contributed by atoms with Crippen molar-refractivity contribution in [3.05, 3.63) is 67.4 Å². The van der Waals surface area contributed by atoms with Crippen LogP contribution in [0.15, 0.2) is 36.8 Å². The van der Waals surface area contributed by atoms with Crippen molar-refractivity contribution in [1.82, 2.24) is 14.8 Å². The van der Waals surface area contributed by atoms with Crippen LogP contribution in [-0.2, 0) is 17.8 Å². The van der Waals surface area contributed by atoms with Gasteiger partial charge < -0.3 is 5.32 Å². The Morgan fingerprint density at radius 1 is 1.27 bits per heavy atom. The maximum Gasteiger partial charge on any atom is 0.307 e. The first-order valence-electron chi connectivity index (χ1n) is 7.25. The van der Waals surface area contributed by atoms with Crippen LogP contribution in [0.3, 0.4) is 0 Å². The van der Waals surface area contributed by atoms with Gasteiger partial charge in [-0.2, -0.15) is 5.10 Å². The van der Waals surface area contributed by atoms with Crippen molar-refractivity contribution in [1.29, 1.82) is 0 Å². The molecule has 0 radical (unpaired) electrons. The molecule has 1 aromatic carbocycles. The summed E-state index contributed by atoms with van der Waals surface area (Å²) in [7, 11) is 0. The highest BCUT2D eigenvalue weighted by Crippen LogP contribution is 2.25. The number of carbonyl (C=O) groups excluding carboxylic acids is 1. The molecular weight excluding hydrogens is 401 g/mol. The number of hydrogen-bond donors (Lipinski definition) is 1. The van der Waals surface area contributed by atoms with E-state index in [0.29, 0.717) is 21.6 Å². The minimum Gasteiger partial charge on any atom is -0.300 e. The molecule has 0 saturated heterocycles. The fourth-order valence-corrected chi connectivity index (χ4v) is 3.63. The minimum absolute atomic E-state index is 0.146. The number of rotatable bonds is 6. The minimum atomic E-state index is -0.573. The Morgan fingerprint density at radius 3 is 2.65 bits per heavy atom. The first-order valence-corrected chi connectivity index (χ1v) is 8.82. The van der Waals surface area contributed by atoms with Gasteiger partial charge in [0.1, 0.15) is 18.9 Å². The number of nitro groups is 1. The maximum atomic E-state index is 12.0. The molecule has 11 heteroatoms. The van der Waals surface area contributed by atoms with Crippen molar-refractivity contribution in [2.75, 3.05) is 5.32 Å². The zero-order valence-electron chi connectivity index (χ0n) is 13.1. The molecule has 1 N–H and O–H groups in total. The smallest absolute Gasteiger partial charge is 0.300 e. The highest BCUT2D eigenvalue weighted by atomic mass is 35.5. The molecule has 1 amide bonds. The van der Waals surface area contributed by atoms with Crippen molar-refractivity contribution in [3.63, 3.8) is 0 Å². The highest BCUT2D eigenvalue weighted by Gasteiger charge is 2.13. The lowest BCUT2D eigenvalue weighted by Gasteiger charge is -2.02. The molecule has 2 aromatic heterocycles. The molecule has 2 heterocycles. The fraction of sp³-hybridized carbons (Fsp3) is 0.133. The van der Waals surface area contributed by atoms with E-state index in [1.54, 1.807) is 12.3 Å². The summed E-state index contributed by atoms with van der Waals surface area (Å²) in [4.78, 5) is 27.1. The zero-order chi connectivity index (χ0) is 18.7. The van der Waals surface area contributed by atoms with Crippen molar-refractivity contribution >= 4 is 51.3 Å². The summed E-state index contributed by atoms with van der Waals surface area (Å²) in [5, 5.41) is 18.6. The van der Waals surface area contributed by atoms with Crippen molar-refractivity contribution in [2.45, 2.75) is 13.0 Å². The van der Waals surface area contributed by atoms with Crippen LogP contribution < -0.4 is 5.32 Å². The van der Waals surface area contributed by atoms with Gasteiger partial charge in [-0.05, 0) is 23.8 Å². The molecule has 0 aliphatic carbocycles. The summed E-state index contributed by atoms with van der Waals surface area (Å²) < 4.78 is 1.19. The second-order valence-electron chi connectivity index (χ2n) is 5.29. The first-order chi connectivity index (χ1) is 12.4. The topological polar surface area (TPSA) is 103 Å². The van der Waals surface area contributed by atoms with Crippen LogP contribution in [0.1, 0.15) is 10.4 Å². The molecule has 0 unspecified atom stereocenters. The third-order valence-corrected chi connectivity index (χ3v) is 4.59. The Hall–Kier alpha value is -2.49. The zero-order valence-corrected chi connectivity index (χ0v) is 15.4. The second kappa shape index (κ2) is 7.81. The molecule has 3 rings (SSSR count). The molecule has 26 heavy (non-hydrogen) atoms. The third-order valence-electron chi connectivity index (χ3n) is 3.24. The van der Waals surface area contributed by atoms with Crippen LogP contribution >= 0.6 is 34.5 Å². The van der Waals surface area contributed by atoms with Gasteiger partial charge in [-0.1, -0.05) is 23.2 Å². The van der Waals surface area contributed by atoms with E-state index < -0.39 is 4.92 Å². The molecular formula is C15H11Cl2N5O3S. The van der Waals surface area contributed by atoms with E-state index >= 15 is 0 Å². The van der Waals surface area contributed by atoms with Gasteiger partial charge >= 0.3 is 5.69 Å². The van der Waals surface area contributed by atoms with Crippen LogP contribution in [0.5, 0.6) is 0 Å². The molecule has 0 aliphatic rings. The Labute approximate surface area is 161 Å². The highest BCUT2D eigenvalue weighted by molar-refractivity contribution is 7.15. The number of thiazole rings is 1. The fourth-order valence-electron chi connectivity index (χ4n) is 2.20. The Kier molecular flexibility index (Phi) is 5.50. The average Bonchev–Trinajstić information content (AvgIpc) is 3.16. The molecule has 0 bridgehead atoms. The maximum absolute atomic E-state index is 12.0. The monoisotopic (exact) mass is 411 g/mol. The molecule has 0 saturated carbocycles. The number of anilines is 1. The number of nitrogens with zero attached hydrogens (tertiary/aromatic N) is 4. The van der Waals surface area contributed by atoms with Crippen molar-refractivity contribution < 1.29 is 9.72 Å². The quantitative estimate of drug-likeness (QED) is 0.490. The molecule has 8 nitrogen and oxygen atoms in total. The van der Waals surface area contributed by atoms with E-state index in [4.69, 9.17) is 23.2 Å². The van der Waals surface area contributed by atoms with Crippen LogP contribution in [0.2, 0.25) is 10.0 Å². The van der Waals surface area contributed by atoms with Crippen LogP contribution in [0, 0.1) is 10.1 Å². The standard InChI is InChI=1S/C15H11Cl2N5O3S/c16-10-1-9(2-11(17)4-10)3-13-6-18-15(26-13)20-14(23)8-21-7-12(5-19-21)22(24)25/h1-2,4-7H,3,8H2,(H,18,20,23). The summed E-state index contributed by atoms with van der Waals surface area (Å²) in [6, 6.07) is 5.29. The summed E-state index contributed by atoms with van der Waals surface area (Å²) in [5.74, 6) is -0.380. The third kappa shape index (κ3) is 4.78. The van der Waals surface area contributed by atoms with Gasteiger partial charge in [0.25, 0.3) is 0 Å². The van der Waals surface area contributed by atoms with Gasteiger partial charge in [-0.15, -0.1) is 11.3 Å². The normalized spacial score (nSPS) is 10.7. The van der Waals surface area contributed by atoms with Gasteiger partial charge in [-0.25, -0.2) is 4.98 Å². The van der Waals surface area contributed by atoms with E-state index in [2.05, 4.69) is 15.4 Å². The van der Waals surface area contributed by atoms with Gasteiger partial charge in [0.05, 0.1) is 4.92 Å². The van der Waals surface area contributed by atoms with E-state index in [1.807, 2.05) is 12.1 Å². The number of carbonyl (C=O) groups is 1. The molecule has 0 atom stereocenters. The Balaban J connectivity index is 1.60. The predicted molar refractivity (Wildman–Crippen MR) is 98.9 cm³/mol. The first kappa shape index (κ1) is 18.3. The number of benzene rings is 1. The number of amides is 1. The lowest BCUT2D eigenvalue weighted by Crippen LogP contribution is -2.18. The van der Waals surface area contributed by atoms with Gasteiger partial charge in [0.2, 0.25) is 5.91 Å². The summed E-state index contributed by atoms with van der Waals surface area (Å²) >= 11 is 13.3. The average molecular weight is 412 g/mol. The molecule has 0 fully saturated rings. The summed E-state index contributed by atoms with van der Waals surface area (Å²) in [5.41, 5.74) is 0.766. The number of aromatic nitrogens is 3.